The molecule has 2 heterocycles. The molecule has 2 aromatic rings. The molecule has 1 aliphatic heterocycles. The van der Waals surface area contributed by atoms with Crippen LogP contribution in [0.25, 0.3) is 0 Å². The van der Waals surface area contributed by atoms with Crippen LogP contribution in [-0.4, -0.2) is 43.6 Å². The predicted octanol–water partition coefficient (Wildman–Crippen LogP) is 0.779. The number of carboxylic acid groups (broad SMARTS) is 1. The molecule has 0 atom stereocenters. The third-order valence-corrected chi connectivity index (χ3v) is 4.20. The van der Waals surface area contributed by atoms with Crippen LogP contribution in [0, 0.1) is 13.8 Å². The Labute approximate surface area is 160 Å². The SMILES string of the molecule is Cc1ccc(C)c(N2N=C(C(=O)NCc3cn(CC(=O)O)nn3)CCC2=O)c1. The first-order valence-electron chi connectivity index (χ1n) is 8.70. The molecule has 10 heteroatoms. The number of hydrogen-bond acceptors (Lipinski definition) is 6. The van der Waals surface area contributed by atoms with Gasteiger partial charge in [-0.15, -0.1) is 5.10 Å². The molecule has 3 rings (SSSR count). The highest BCUT2D eigenvalue weighted by molar-refractivity contribution is 6.40. The Balaban J connectivity index is 1.70. The number of carbonyl (C=O) groups is 3. The van der Waals surface area contributed by atoms with Crippen LogP contribution in [0.2, 0.25) is 0 Å². The van der Waals surface area contributed by atoms with Gasteiger partial charge in [-0.25, -0.2) is 9.69 Å². The molecule has 0 saturated carbocycles. The van der Waals surface area contributed by atoms with E-state index >= 15 is 0 Å². The number of hydrogen-bond donors (Lipinski definition) is 2. The number of carboxylic acids is 1. The van der Waals surface area contributed by atoms with Crippen LogP contribution in [0.15, 0.2) is 29.5 Å². The van der Waals surface area contributed by atoms with Gasteiger partial charge in [-0.3, -0.25) is 14.4 Å². The number of nitrogens with one attached hydrogen (secondary N) is 1. The van der Waals surface area contributed by atoms with Crippen molar-refractivity contribution < 1.29 is 19.5 Å². The first-order valence-corrected chi connectivity index (χ1v) is 8.70. The smallest absolute Gasteiger partial charge is 0.325 e. The average molecular weight is 384 g/mol. The van der Waals surface area contributed by atoms with Crippen molar-refractivity contribution in [3.05, 3.63) is 41.2 Å². The molecule has 146 valence electrons. The molecule has 0 aliphatic carbocycles. The first-order chi connectivity index (χ1) is 13.3. The van der Waals surface area contributed by atoms with Gasteiger partial charge in [0.25, 0.3) is 5.91 Å². The number of benzene rings is 1. The summed E-state index contributed by atoms with van der Waals surface area (Å²) >= 11 is 0. The molecule has 0 fully saturated rings. The summed E-state index contributed by atoms with van der Waals surface area (Å²) in [6, 6.07) is 5.71. The fourth-order valence-electron chi connectivity index (χ4n) is 2.76. The fourth-order valence-corrected chi connectivity index (χ4v) is 2.76. The monoisotopic (exact) mass is 384 g/mol. The summed E-state index contributed by atoms with van der Waals surface area (Å²) in [7, 11) is 0. The number of aliphatic carboxylic acids is 1. The molecule has 2 N–H and O–H groups in total. The molecule has 0 bridgehead atoms. The summed E-state index contributed by atoms with van der Waals surface area (Å²) in [5, 5.41) is 24.4. The highest BCUT2D eigenvalue weighted by Gasteiger charge is 2.26. The average Bonchev–Trinajstić information content (AvgIpc) is 3.09. The number of nitrogens with zero attached hydrogens (tertiary/aromatic N) is 5. The maximum Gasteiger partial charge on any atom is 0.325 e. The highest BCUT2D eigenvalue weighted by Crippen LogP contribution is 2.25. The molecule has 1 aromatic carbocycles. The van der Waals surface area contributed by atoms with Crippen molar-refractivity contribution in [2.45, 2.75) is 39.8 Å². The van der Waals surface area contributed by atoms with Crippen molar-refractivity contribution in [1.82, 2.24) is 20.3 Å². The van der Waals surface area contributed by atoms with E-state index in [0.717, 1.165) is 11.1 Å². The van der Waals surface area contributed by atoms with Crippen molar-refractivity contribution >= 4 is 29.2 Å². The lowest BCUT2D eigenvalue weighted by atomic mass is 10.1. The molecular weight excluding hydrogens is 364 g/mol. The minimum absolute atomic E-state index is 0.0783. The summed E-state index contributed by atoms with van der Waals surface area (Å²) in [4.78, 5) is 35.4. The number of hydrazone groups is 1. The highest BCUT2D eigenvalue weighted by atomic mass is 16.4. The van der Waals surface area contributed by atoms with Gasteiger partial charge in [0.15, 0.2) is 0 Å². The lowest BCUT2D eigenvalue weighted by Crippen LogP contribution is -2.39. The van der Waals surface area contributed by atoms with E-state index in [2.05, 4.69) is 20.7 Å². The second-order valence-corrected chi connectivity index (χ2v) is 6.53. The van der Waals surface area contributed by atoms with Gasteiger partial charge in [0, 0.05) is 12.8 Å². The minimum atomic E-state index is -1.03. The van der Waals surface area contributed by atoms with Gasteiger partial charge in [0.05, 0.1) is 18.4 Å². The number of aryl methyl sites for hydroxylation is 2. The van der Waals surface area contributed by atoms with Crippen molar-refractivity contribution in [1.29, 1.82) is 0 Å². The number of amides is 2. The van der Waals surface area contributed by atoms with Gasteiger partial charge in [0.2, 0.25) is 5.91 Å². The normalized spacial score (nSPS) is 14.0. The zero-order valence-corrected chi connectivity index (χ0v) is 15.5. The summed E-state index contributed by atoms with van der Waals surface area (Å²) in [6.45, 7) is 3.58. The van der Waals surface area contributed by atoms with Crippen LogP contribution in [0.5, 0.6) is 0 Å². The van der Waals surface area contributed by atoms with Crippen LogP contribution >= 0.6 is 0 Å². The van der Waals surface area contributed by atoms with Gasteiger partial charge in [-0.2, -0.15) is 5.10 Å². The number of anilines is 1. The van der Waals surface area contributed by atoms with Crippen molar-refractivity contribution in [2.24, 2.45) is 5.10 Å². The Kier molecular flexibility index (Phi) is 5.48. The third-order valence-electron chi connectivity index (χ3n) is 4.20. The maximum atomic E-state index is 12.5. The molecule has 2 amide bonds. The minimum Gasteiger partial charge on any atom is -0.480 e. The summed E-state index contributed by atoms with van der Waals surface area (Å²) < 4.78 is 1.17. The molecule has 0 unspecified atom stereocenters. The molecule has 28 heavy (non-hydrogen) atoms. The number of carbonyl (C=O) groups excluding carboxylic acids is 2. The van der Waals surface area contributed by atoms with Gasteiger partial charge in [0.1, 0.15) is 18.0 Å². The van der Waals surface area contributed by atoms with E-state index in [0.29, 0.717) is 11.4 Å². The first kappa shape index (κ1) is 19.2. The molecular formula is C18H20N6O4. The Morgan fingerprint density at radius 1 is 1.25 bits per heavy atom. The fraction of sp³-hybridized carbons (Fsp3) is 0.333. The van der Waals surface area contributed by atoms with Crippen molar-refractivity contribution in [2.75, 3.05) is 5.01 Å². The van der Waals surface area contributed by atoms with Crippen LogP contribution < -0.4 is 10.3 Å². The third kappa shape index (κ3) is 4.40. The molecule has 10 nitrogen and oxygen atoms in total. The number of rotatable bonds is 6. The van der Waals surface area contributed by atoms with Gasteiger partial charge in [-0.1, -0.05) is 17.3 Å². The molecule has 1 aliphatic rings. The van der Waals surface area contributed by atoms with Crippen LogP contribution in [0.3, 0.4) is 0 Å². The van der Waals surface area contributed by atoms with E-state index in [1.165, 1.54) is 15.9 Å². The van der Waals surface area contributed by atoms with Crippen LogP contribution in [0.1, 0.15) is 29.7 Å². The standard InChI is InChI=1S/C18H20N6O4/c1-11-3-4-12(2)15(7-11)24-16(25)6-5-14(21-24)18(28)19-8-13-9-23(22-20-13)10-17(26)27/h3-4,7,9H,5-6,8,10H2,1-2H3,(H,19,28)(H,26,27). The summed E-state index contributed by atoms with van der Waals surface area (Å²) in [6.07, 6.45) is 1.88. The molecule has 0 spiro atoms. The Hall–Kier alpha value is -3.56. The lowest BCUT2D eigenvalue weighted by Gasteiger charge is -2.24. The zero-order chi connectivity index (χ0) is 20.3. The van der Waals surface area contributed by atoms with Crippen molar-refractivity contribution in [3.8, 4) is 0 Å². The van der Waals surface area contributed by atoms with E-state index < -0.39 is 11.9 Å². The van der Waals surface area contributed by atoms with Gasteiger partial charge >= 0.3 is 5.97 Å². The topological polar surface area (TPSA) is 130 Å². The maximum absolute atomic E-state index is 12.5. The summed E-state index contributed by atoms with van der Waals surface area (Å²) in [5.41, 5.74) is 3.21. The van der Waals surface area contributed by atoms with Crippen LogP contribution in [-0.2, 0) is 27.5 Å². The number of aromatic nitrogens is 3. The van der Waals surface area contributed by atoms with Gasteiger partial charge in [-0.05, 0) is 31.0 Å². The Bertz CT molecular complexity index is 965. The quantitative estimate of drug-likeness (QED) is 0.757. The van der Waals surface area contributed by atoms with E-state index in [9.17, 15) is 14.4 Å². The lowest BCUT2D eigenvalue weighted by molar-refractivity contribution is -0.138. The second-order valence-electron chi connectivity index (χ2n) is 6.53. The summed E-state index contributed by atoms with van der Waals surface area (Å²) in [5.74, 6) is -1.61. The largest absolute Gasteiger partial charge is 0.480 e. The zero-order valence-electron chi connectivity index (χ0n) is 15.5. The van der Waals surface area contributed by atoms with Gasteiger partial charge < -0.3 is 10.4 Å². The Morgan fingerprint density at radius 2 is 2.04 bits per heavy atom. The molecule has 0 radical (unpaired) electrons. The van der Waals surface area contributed by atoms with Crippen LogP contribution in [0.4, 0.5) is 5.69 Å². The van der Waals surface area contributed by atoms with E-state index in [1.54, 1.807) is 0 Å². The second kappa shape index (κ2) is 7.99. The van der Waals surface area contributed by atoms with Crippen molar-refractivity contribution in [3.63, 3.8) is 0 Å². The molecule has 1 aromatic heterocycles. The van der Waals surface area contributed by atoms with E-state index in [-0.39, 0.29) is 37.6 Å². The predicted molar refractivity (Wildman–Crippen MR) is 99.6 cm³/mol. The van der Waals surface area contributed by atoms with E-state index in [1.807, 2.05) is 32.0 Å². The Morgan fingerprint density at radius 3 is 2.79 bits per heavy atom. The molecule has 0 saturated heterocycles. The van der Waals surface area contributed by atoms with E-state index in [4.69, 9.17) is 5.11 Å².